The van der Waals surface area contributed by atoms with E-state index in [1.165, 1.54) is 27.7 Å². The summed E-state index contributed by atoms with van der Waals surface area (Å²) in [7, 11) is 0. The first-order chi connectivity index (χ1) is 18.0. The van der Waals surface area contributed by atoms with Crippen LogP contribution in [0.1, 0.15) is 72.8 Å². The maximum Gasteiger partial charge on any atom is 0.417 e. The van der Waals surface area contributed by atoms with Gasteiger partial charge in [0.05, 0.1) is 28.6 Å². The quantitative estimate of drug-likeness (QED) is 0.391. The van der Waals surface area contributed by atoms with Gasteiger partial charge in [0.15, 0.2) is 5.01 Å². The number of thiazole rings is 1. The molecule has 3 N–H and O–H groups in total. The molecule has 4 rings (SSSR count). The maximum atomic E-state index is 14.2. The van der Waals surface area contributed by atoms with E-state index in [4.69, 9.17) is 0 Å². The number of pyridine rings is 1. The average Bonchev–Trinajstić information content (AvgIpc) is 3.46. The van der Waals surface area contributed by atoms with Crippen LogP contribution in [0.3, 0.4) is 0 Å². The highest BCUT2D eigenvalue weighted by molar-refractivity contribution is 7.17. The van der Waals surface area contributed by atoms with Gasteiger partial charge in [-0.15, -0.1) is 11.3 Å². The Bertz CT molecular complexity index is 1260. The summed E-state index contributed by atoms with van der Waals surface area (Å²) in [6.07, 6.45) is -2.55. The maximum absolute atomic E-state index is 14.2. The molecule has 2 aliphatic rings. The Kier molecular flexibility index (Phi) is 7.67. The van der Waals surface area contributed by atoms with Crippen molar-refractivity contribution < 1.29 is 36.6 Å². The number of alkyl halides is 5. The van der Waals surface area contributed by atoms with Gasteiger partial charge in [-0.25, -0.2) is 18.7 Å². The molecular weight excluding hydrogens is 545 g/mol. The number of hydrogen-bond acceptors (Lipinski definition) is 7. The first-order valence-corrected chi connectivity index (χ1v) is 13.3. The summed E-state index contributed by atoms with van der Waals surface area (Å²) in [4.78, 5) is 35.0. The first-order valence-electron chi connectivity index (χ1n) is 12.5. The van der Waals surface area contributed by atoms with Gasteiger partial charge in [-0.1, -0.05) is 0 Å². The number of carbonyl (C=O) groups is 2. The van der Waals surface area contributed by atoms with Crippen molar-refractivity contribution >= 4 is 29.0 Å². The van der Waals surface area contributed by atoms with Gasteiger partial charge in [-0.3, -0.25) is 9.59 Å². The third-order valence-corrected chi connectivity index (χ3v) is 8.03. The summed E-state index contributed by atoms with van der Waals surface area (Å²) in [6.45, 7) is 5.39. The van der Waals surface area contributed by atoms with Crippen molar-refractivity contribution in [1.29, 1.82) is 0 Å². The smallest absolute Gasteiger partial charge is 0.388 e. The lowest BCUT2D eigenvalue weighted by molar-refractivity contribution is -0.137. The van der Waals surface area contributed by atoms with E-state index < -0.39 is 71.4 Å². The first kappa shape index (κ1) is 29.1. The van der Waals surface area contributed by atoms with Crippen LogP contribution in [0.5, 0.6) is 0 Å². The van der Waals surface area contributed by atoms with E-state index in [0.29, 0.717) is 23.8 Å². The molecule has 1 saturated carbocycles. The molecule has 2 aromatic rings. The van der Waals surface area contributed by atoms with E-state index in [0.717, 1.165) is 30.0 Å². The lowest BCUT2D eigenvalue weighted by atomic mass is 10.0. The fraction of sp³-hybridized carbons (Fsp3) is 0.600. The second-order valence-electron chi connectivity index (χ2n) is 10.8. The van der Waals surface area contributed by atoms with Gasteiger partial charge in [0.2, 0.25) is 0 Å². The second-order valence-corrected chi connectivity index (χ2v) is 11.8. The molecule has 1 aliphatic carbocycles. The van der Waals surface area contributed by atoms with Crippen LogP contribution < -0.4 is 10.6 Å². The van der Waals surface area contributed by atoms with Crippen LogP contribution in [0.4, 0.5) is 27.8 Å². The summed E-state index contributed by atoms with van der Waals surface area (Å²) in [6, 6.07) is -0.851. The average molecular weight is 576 g/mol. The summed E-state index contributed by atoms with van der Waals surface area (Å²) in [5, 5.41) is 15.2. The van der Waals surface area contributed by atoms with E-state index in [2.05, 4.69) is 20.6 Å². The number of aromatic nitrogens is 2. The van der Waals surface area contributed by atoms with E-state index in [-0.39, 0.29) is 15.7 Å². The molecule has 14 heteroatoms. The SMILES string of the molecule is CC1CC(F)(F)CN1C(=O)c1nc(C(=O)NC(C)C(C)(C)O)sc1-c1cnc(NCC2CC2)cc1C(F)(F)F. The van der Waals surface area contributed by atoms with Crippen molar-refractivity contribution in [3.63, 3.8) is 0 Å². The minimum Gasteiger partial charge on any atom is -0.388 e. The highest BCUT2D eigenvalue weighted by Gasteiger charge is 2.46. The van der Waals surface area contributed by atoms with Crippen LogP contribution in [0.25, 0.3) is 10.4 Å². The van der Waals surface area contributed by atoms with E-state index in [1.807, 2.05) is 0 Å². The number of anilines is 1. The molecule has 0 bridgehead atoms. The molecule has 2 atom stereocenters. The number of likely N-dealkylation sites (tertiary alicyclic amines) is 1. The number of amides is 2. The summed E-state index contributed by atoms with van der Waals surface area (Å²) < 4.78 is 70.8. The molecule has 2 amide bonds. The van der Waals surface area contributed by atoms with Gasteiger partial charge in [0.25, 0.3) is 17.7 Å². The predicted octanol–water partition coefficient (Wildman–Crippen LogP) is 4.80. The molecule has 0 aromatic carbocycles. The molecule has 3 heterocycles. The van der Waals surface area contributed by atoms with Crippen molar-refractivity contribution in [3.8, 4) is 10.4 Å². The van der Waals surface area contributed by atoms with Crippen molar-refractivity contribution in [3.05, 3.63) is 28.5 Å². The van der Waals surface area contributed by atoms with E-state index >= 15 is 0 Å². The third-order valence-electron chi connectivity index (χ3n) is 6.94. The molecule has 1 saturated heterocycles. The Morgan fingerprint density at radius 3 is 2.49 bits per heavy atom. The minimum atomic E-state index is -4.86. The van der Waals surface area contributed by atoms with Gasteiger partial charge in [0.1, 0.15) is 11.5 Å². The van der Waals surface area contributed by atoms with Crippen molar-refractivity contribution in [2.45, 2.75) is 76.7 Å². The standard InChI is InChI=1S/C25H30F5N5O3S/c1-12-8-24(26,27)11-35(12)22(37)18-19(39-21(34-18)20(36)33-13(2)23(3,4)38)15-10-32-17(31-9-14-5-6-14)7-16(15)25(28,29)30/h7,10,12-14,38H,5-6,8-9,11H2,1-4H3,(H,31,32)(H,33,36). The largest absolute Gasteiger partial charge is 0.417 e. The zero-order valence-electron chi connectivity index (χ0n) is 21.8. The van der Waals surface area contributed by atoms with Crippen molar-refractivity contribution in [1.82, 2.24) is 20.2 Å². The number of rotatable bonds is 8. The van der Waals surface area contributed by atoms with Crippen LogP contribution in [0.15, 0.2) is 12.3 Å². The number of nitrogens with zero attached hydrogens (tertiary/aromatic N) is 3. The fourth-order valence-corrected chi connectivity index (χ4v) is 5.12. The zero-order valence-corrected chi connectivity index (χ0v) is 22.6. The molecule has 214 valence electrons. The Labute approximate surface area is 226 Å². The number of aliphatic hydroxyl groups is 1. The summed E-state index contributed by atoms with van der Waals surface area (Å²) in [5.41, 5.74) is -3.48. The highest BCUT2D eigenvalue weighted by Crippen LogP contribution is 2.43. The van der Waals surface area contributed by atoms with Gasteiger partial charge in [0, 0.05) is 30.8 Å². The molecular formula is C25H30F5N5O3S. The molecule has 2 unspecified atom stereocenters. The van der Waals surface area contributed by atoms with Gasteiger partial charge in [-0.2, -0.15) is 13.2 Å². The Hall–Kier alpha value is -2.87. The minimum absolute atomic E-state index is 0.000132. The van der Waals surface area contributed by atoms with Crippen LogP contribution in [-0.2, 0) is 6.18 Å². The second kappa shape index (κ2) is 10.3. The Morgan fingerprint density at radius 2 is 1.95 bits per heavy atom. The van der Waals surface area contributed by atoms with Gasteiger partial charge in [-0.05, 0) is 52.5 Å². The molecule has 1 aliphatic heterocycles. The Balaban J connectivity index is 1.78. The normalized spacial score (nSPS) is 20.2. The molecule has 0 radical (unpaired) electrons. The van der Waals surface area contributed by atoms with Crippen LogP contribution in [0.2, 0.25) is 0 Å². The van der Waals surface area contributed by atoms with Crippen LogP contribution in [-0.4, -0.2) is 68.5 Å². The van der Waals surface area contributed by atoms with Crippen LogP contribution in [0, 0.1) is 5.92 Å². The highest BCUT2D eigenvalue weighted by atomic mass is 32.1. The Morgan fingerprint density at radius 1 is 1.28 bits per heavy atom. The van der Waals surface area contributed by atoms with Crippen LogP contribution >= 0.6 is 11.3 Å². The molecule has 2 aromatic heterocycles. The van der Waals surface area contributed by atoms with Crippen molar-refractivity contribution in [2.75, 3.05) is 18.4 Å². The number of nitrogens with one attached hydrogen (secondary N) is 2. The third kappa shape index (κ3) is 6.65. The topological polar surface area (TPSA) is 107 Å². The zero-order chi connectivity index (χ0) is 28.9. The molecule has 0 spiro atoms. The number of hydrogen-bond donors (Lipinski definition) is 3. The number of halogens is 5. The molecule has 39 heavy (non-hydrogen) atoms. The van der Waals surface area contributed by atoms with Crippen molar-refractivity contribution in [2.24, 2.45) is 5.92 Å². The number of carbonyl (C=O) groups excluding carboxylic acids is 2. The summed E-state index contributed by atoms with van der Waals surface area (Å²) in [5.74, 6) is -4.63. The predicted molar refractivity (Wildman–Crippen MR) is 135 cm³/mol. The summed E-state index contributed by atoms with van der Waals surface area (Å²) >= 11 is 0.526. The van der Waals surface area contributed by atoms with Gasteiger partial charge >= 0.3 is 6.18 Å². The lowest BCUT2D eigenvalue weighted by Gasteiger charge is -2.26. The molecule has 8 nitrogen and oxygen atoms in total. The molecule has 2 fully saturated rings. The fourth-order valence-electron chi connectivity index (χ4n) is 4.14. The monoisotopic (exact) mass is 575 g/mol. The lowest BCUT2D eigenvalue weighted by Crippen LogP contribution is -2.47. The van der Waals surface area contributed by atoms with E-state index in [9.17, 15) is 36.6 Å². The van der Waals surface area contributed by atoms with Gasteiger partial charge < -0.3 is 20.6 Å². The van der Waals surface area contributed by atoms with E-state index in [1.54, 1.807) is 0 Å².